The zero-order valence-corrected chi connectivity index (χ0v) is 10.8. The molecule has 0 bridgehead atoms. The first-order valence-corrected chi connectivity index (χ1v) is 6.53. The van der Waals surface area contributed by atoms with Gasteiger partial charge in [-0.15, -0.1) is 0 Å². The molecular formula is C13H23N3O. The lowest BCUT2D eigenvalue weighted by atomic mass is 9.96. The van der Waals surface area contributed by atoms with Crippen LogP contribution in [0.2, 0.25) is 0 Å². The number of β-amino-alcohol motifs (C(OH)–C–C–N with tert-alkyl or cyclic N) is 1. The molecule has 0 aliphatic carbocycles. The van der Waals surface area contributed by atoms with Gasteiger partial charge < -0.3 is 10.0 Å². The van der Waals surface area contributed by atoms with Gasteiger partial charge in [-0.05, 0) is 43.8 Å². The van der Waals surface area contributed by atoms with E-state index in [0.29, 0.717) is 5.92 Å². The highest BCUT2D eigenvalue weighted by atomic mass is 16.3. The van der Waals surface area contributed by atoms with E-state index >= 15 is 0 Å². The summed E-state index contributed by atoms with van der Waals surface area (Å²) in [6.45, 7) is 5.19. The highest BCUT2D eigenvalue weighted by molar-refractivity contribution is 5.03. The van der Waals surface area contributed by atoms with Gasteiger partial charge in [0.05, 0.1) is 12.3 Å². The minimum Gasteiger partial charge on any atom is -0.392 e. The van der Waals surface area contributed by atoms with Crippen molar-refractivity contribution in [3.05, 3.63) is 18.0 Å². The second kappa shape index (κ2) is 5.65. The number of piperidine rings is 1. The summed E-state index contributed by atoms with van der Waals surface area (Å²) in [4.78, 5) is 2.38. The maximum Gasteiger partial charge on any atom is 0.0693 e. The first-order valence-electron chi connectivity index (χ1n) is 6.53. The van der Waals surface area contributed by atoms with E-state index < -0.39 is 0 Å². The van der Waals surface area contributed by atoms with Crippen LogP contribution in [0.15, 0.2) is 12.4 Å². The van der Waals surface area contributed by atoms with Crippen molar-refractivity contribution >= 4 is 0 Å². The maximum absolute atomic E-state index is 9.81. The quantitative estimate of drug-likeness (QED) is 0.851. The second-order valence-corrected chi connectivity index (χ2v) is 5.26. The number of aliphatic hydroxyl groups excluding tert-OH is 1. The van der Waals surface area contributed by atoms with Crippen LogP contribution < -0.4 is 0 Å². The van der Waals surface area contributed by atoms with Gasteiger partial charge in [0.1, 0.15) is 0 Å². The fourth-order valence-corrected chi connectivity index (χ4v) is 2.43. The van der Waals surface area contributed by atoms with E-state index in [0.717, 1.165) is 38.9 Å². The van der Waals surface area contributed by atoms with Gasteiger partial charge in [0.25, 0.3) is 0 Å². The van der Waals surface area contributed by atoms with Crippen LogP contribution >= 0.6 is 0 Å². The summed E-state index contributed by atoms with van der Waals surface area (Å²) in [7, 11) is 1.95. The third-order valence-corrected chi connectivity index (χ3v) is 3.70. The predicted octanol–water partition coefficient (Wildman–Crippen LogP) is 1.06. The molecule has 4 heteroatoms. The predicted molar refractivity (Wildman–Crippen MR) is 67.8 cm³/mol. The van der Waals surface area contributed by atoms with Crippen LogP contribution in [0.1, 0.15) is 25.3 Å². The Morgan fingerprint density at radius 2 is 2.35 bits per heavy atom. The monoisotopic (exact) mass is 237 g/mol. The molecule has 17 heavy (non-hydrogen) atoms. The van der Waals surface area contributed by atoms with E-state index in [2.05, 4.69) is 23.1 Å². The van der Waals surface area contributed by atoms with Gasteiger partial charge in [0.2, 0.25) is 0 Å². The Morgan fingerprint density at radius 3 is 3.00 bits per heavy atom. The van der Waals surface area contributed by atoms with E-state index in [1.165, 1.54) is 5.56 Å². The second-order valence-electron chi connectivity index (χ2n) is 5.26. The summed E-state index contributed by atoms with van der Waals surface area (Å²) < 4.78 is 1.85. The number of aliphatic hydroxyl groups is 1. The molecule has 1 aromatic heterocycles. The Bertz CT molecular complexity index is 350. The molecule has 1 aromatic rings. The highest BCUT2D eigenvalue weighted by Crippen LogP contribution is 2.17. The largest absolute Gasteiger partial charge is 0.392 e. The van der Waals surface area contributed by atoms with Crippen LogP contribution in [0.5, 0.6) is 0 Å². The van der Waals surface area contributed by atoms with Crippen molar-refractivity contribution in [1.82, 2.24) is 14.7 Å². The molecule has 0 saturated carbocycles. The smallest absolute Gasteiger partial charge is 0.0693 e. The lowest BCUT2D eigenvalue weighted by Crippen LogP contribution is -2.43. The highest BCUT2D eigenvalue weighted by Gasteiger charge is 2.23. The van der Waals surface area contributed by atoms with Crippen molar-refractivity contribution in [2.24, 2.45) is 13.0 Å². The number of nitrogens with zero attached hydrogens (tertiary/aromatic N) is 3. The molecule has 0 amide bonds. The van der Waals surface area contributed by atoms with Crippen LogP contribution in [0.4, 0.5) is 0 Å². The van der Waals surface area contributed by atoms with Crippen molar-refractivity contribution in [1.29, 1.82) is 0 Å². The number of rotatable bonds is 4. The van der Waals surface area contributed by atoms with Gasteiger partial charge >= 0.3 is 0 Å². The average molecular weight is 237 g/mol. The van der Waals surface area contributed by atoms with E-state index in [1.54, 1.807) is 0 Å². The third-order valence-electron chi connectivity index (χ3n) is 3.70. The molecule has 0 spiro atoms. The Hall–Kier alpha value is -0.870. The Morgan fingerprint density at radius 1 is 1.53 bits per heavy atom. The van der Waals surface area contributed by atoms with E-state index in [9.17, 15) is 5.11 Å². The number of aromatic nitrogens is 2. The van der Waals surface area contributed by atoms with Gasteiger partial charge in [0.15, 0.2) is 0 Å². The van der Waals surface area contributed by atoms with Crippen LogP contribution in [-0.2, 0) is 13.5 Å². The molecule has 1 fully saturated rings. The summed E-state index contributed by atoms with van der Waals surface area (Å²) in [6.07, 6.45) is 7.22. The molecule has 4 nitrogen and oxygen atoms in total. The van der Waals surface area contributed by atoms with Crippen LogP contribution in [-0.4, -0.2) is 45.5 Å². The molecule has 2 unspecified atom stereocenters. The molecule has 0 radical (unpaired) electrons. The van der Waals surface area contributed by atoms with Crippen LogP contribution in [0, 0.1) is 5.92 Å². The number of likely N-dealkylation sites (tertiary alicyclic amines) is 1. The molecule has 2 heterocycles. The minimum absolute atomic E-state index is 0.137. The fourth-order valence-electron chi connectivity index (χ4n) is 2.43. The fraction of sp³-hybridized carbons (Fsp3) is 0.769. The Kier molecular flexibility index (Phi) is 4.18. The topological polar surface area (TPSA) is 41.3 Å². The molecule has 0 aromatic carbocycles. The SMILES string of the molecule is CC1CCN(CCCc2cnn(C)c2)CC1O. The lowest BCUT2D eigenvalue weighted by molar-refractivity contribution is 0.0289. The van der Waals surface area contributed by atoms with Gasteiger partial charge in [-0.25, -0.2) is 0 Å². The standard InChI is InChI=1S/C13H23N3O/c1-11-5-7-16(10-13(11)17)6-3-4-12-8-14-15(2)9-12/h8-9,11,13,17H,3-7,10H2,1-2H3. The minimum atomic E-state index is -0.137. The summed E-state index contributed by atoms with van der Waals surface area (Å²) >= 11 is 0. The van der Waals surface area contributed by atoms with Gasteiger partial charge in [-0.3, -0.25) is 4.68 Å². The summed E-state index contributed by atoms with van der Waals surface area (Å²) in [5, 5.41) is 14.0. The molecule has 1 saturated heterocycles. The summed E-state index contributed by atoms with van der Waals surface area (Å²) in [6, 6.07) is 0. The van der Waals surface area contributed by atoms with E-state index in [-0.39, 0.29) is 6.10 Å². The van der Waals surface area contributed by atoms with Crippen molar-refractivity contribution in [2.45, 2.75) is 32.3 Å². The molecule has 2 rings (SSSR count). The summed E-state index contributed by atoms with van der Waals surface area (Å²) in [5.41, 5.74) is 1.30. The number of hydrogen-bond donors (Lipinski definition) is 1. The van der Waals surface area contributed by atoms with Crippen molar-refractivity contribution in [2.75, 3.05) is 19.6 Å². The first kappa shape index (κ1) is 12.6. The van der Waals surface area contributed by atoms with Crippen LogP contribution in [0.25, 0.3) is 0 Å². The van der Waals surface area contributed by atoms with Gasteiger partial charge in [0, 0.05) is 19.8 Å². The van der Waals surface area contributed by atoms with E-state index in [4.69, 9.17) is 0 Å². The van der Waals surface area contributed by atoms with Gasteiger partial charge in [-0.2, -0.15) is 5.10 Å². The summed E-state index contributed by atoms with van der Waals surface area (Å²) in [5.74, 6) is 0.463. The normalized spacial score (nSPS) is 26.3. The molecule has 96 valence electrons. The van der Waals surface area contributed by atoms with Crippen molar-refractivity contribution in [3.8, 4) is 0 Å². The van der Waals surface area contributed by atoms with Crippen molar-refractivity contribution < 1.29 is 5.11 Å². The average Bonchev–Trinajstić information content (AvgIpc) is 2.70. The first-order chi connectivity index (χ1) is 8.15. The molecule has 2 atom stereocenters. The lowest BCUT2D eigenvalue weighted by Gasteiger charge is -2.34. The molecular weight excluding hydrogens is 214 g/mol. The molecule has 1 aliphatic heterocycles. The van der Waals surface area contributed by atoms with E-state index in [1.807, 2.05) is 17.9 Å². The van der Waals surface area contributed by atoms with Crippen LogP contribution in [0.3, 0.4) is 0 Å². The molecule has 1 N–H and O–H groups in total. The Balaban J connectivity index is 1.69. The maximum atomic E-state index is 9.81. The van der Waals surface area contributed by atoms with Crippen molar-refractivity contribution in [3.63, 3.8) is 0 Å². The molecule has 1 aliphatic rings. The number of hydrogen-bond acceptors (Lipinski definition) is 3. The zero-order valence-electron chi connectivity index (χ0n) is 10.8. The number of aryl methyl sites for hydroxylation is 2. The van der Waals surface area contributed by atoms with Gasteiger partial charge in [-0.1, -0.05) is 6.92 Å². The zero-order chi connectivity index (χ0) is 12.3. The Labute approximate surface area is 103 Å². The third kappa shape index (κ3) is 3.54.